The van der Waals surface area contributed by atoms with Crippen molar-refractivity contribution in [2.75, 3.05) is 32.7 Å². The highest BCUT2D eigenvalue weighted by atomic mass is 32.2. The molecule has 38 heavy (non-hydrogen) atoms. The van der Waals surface area contributed by atoms with Gasteiger partial charge in [-0.25, -0.2) is 13.2 Å². The predicted molar refractivity (Wildman–Crippen MR) is 141 cm³/mol. The van der Waals surface area contributed by atoms with E-state index in [1.165, 1.54) is 14.8 Å². The Hall–Kier alpha value is -3.76. The predicted octanol–water partition coefficient (Wildman–Crippen LogP) is 2.15. The number of carbonyl (C=O) groups is 3. The van der Waals surface area contributed by atoms with Gasteiger partial charge in [0, 0.05) is 32.6 Å². The second-order valence-corrected chi connectivity index (χ2v) is 12.1. The van der Waals surface area contributed by atoms with E-state index >= 15 is 0 Å². The Balaban J connectivity index is 1.10. The number of fused-ring (bicyclic) bond motifs is 2. The lowest BCUT2D eigenvalue weighted by atomic mass is 9.78. The minimum Gasteiger partial charge on any atom is -0.338 e. The van der Waals surface area contributed by atoms with Crippen LogP contribution in [0.1, 0.15) is 17.5 Å². The first-order valence-electron chi connectivity index (χ1n) is 12.7. The third kappa shape index (κ3) is 4.13. The minimum absolute atomic E-state index is 0.141. The van der Waals surface area contributed by atoms with E-state index in [-0.39, 0.29) is 49.4 Å². The van der Waals surface area contributed by atoms with Crippen LogP contribution in [0.5, 0.6) is 0 Å². The van der Waals surface area contributed by atoms with Gasteiger partial charge in [0.2, 0.25) is 15.9 Å². The molecule has 9 nitrogen and oxygen atoms in total. The number of nitrogens with one attached hydrogen (secondary N) is 1. The number of piperazine rings is 1. The normalized spacial score (nSPS) is 22.1. The summed E-state index contributed by atoms with van der Waals surface area (Å²) in [5, 5.41) is 4.66. The van der Waals surface area contributed by atoms with Crippen molar-refractivity contribution < 1.29 is 22.8 Å². The molecule has 2 fully saturated rings. The molecule has 3 aromatic rings. The van der Waals surface area contributed by atoms with Crippen molar-refractivity contribution in [3.8, 4) is 0 Å². The topological polar surface area (TPSA) is 107 Å². The summed E-state index contributed by atoms with van der Waals surface area (Å²) in [4.78, 5) is 41.9. The van der Waals surface area contributed by atoms with Gasteiger partial charge in [0.15, 0.2) is 0 Å². The van der Waals surface area contributed by atoms with Crippen LogP contribution in [-0.4, -0.2) is 78.6 Å². The summed E-state index contributed by atoms with van der Waals surface area (Å²) in [5.74, 6) is -0.743. The summed E-state index contributed by atoms with van der Waals surface area (Å²) in [6.45, 7) is 0.302. The number of imide groups is 1. The minimum atomic E-state index is -3.72. The smallest absolute Gasteiger partial charge is 0.325 e. The molecule has 0 unspecified atom stereocenters. The Bertz CT molecular complexity index is 1560. The Morgan fingerprint density at radius 1 is 0.868 bits per heavy atom. The van der Waals surface area contributed by atoms with Gasteiger partial charge in [-0.2, -0.15) is 4.31 Å². The standard InChI is InChI=1S/C28H28N4O5S/c33-25(19-32-26(34)28(29-27(32)35)12-11-21-6-2-4-8-23(21)18-28)30-13-15-31(16-14-30)38(36,37)24-10-9-20-5-1-3-7-22(20)17-24/h1-10,17H,11-16,18-19H2,(H,29,35)/t28-/m0/s1. The molecule has 0 bridgehead atoms. The first-order chi connectivity index (χ1) is 18.3. The summed E-state index contributed by atoms with van der Waals surface area (Å²) in [7, 11) is -3.72. The second-order valence-electron chi connectivity index (χ2n) is 10.1. The fraction of sp³-hybridized carbons (Fsp3) is 0.321. The highest BCUT2D eigenvalue weighted by molar-refractivity contribution is 7.89. The zero-order valence-corrected chi connectivity index (χ0v) is 21.6. The number of rotatable bonds is 4. The summed E-state index contributed by atoms with van der Waals surface area (Å²) < 4.78 is 27.9. The molecule has 196 valence electrons. The van der Waals surface area contributed by atoms with Crippen molar-refractivity contribution in [2.45, 2.75) is 29.7 Å². The van der Waals surface area contributed by atoms with E-state index in [4.69, 9.17) is 0 Å². The molecular weight excluding hydrogens is 504 g/mol. The number of urea groups is 1. The van der Waals surface area contributed by atoms with Crippen LogP contribution >= 0.6 is 0 Å². The van der Waals surface area contributed by atoms with Gasteiger partial charge < -0.3 is 10.2 Å². The quantitative estimate of drug-likeness (QED) is 0.519. The molecule has 1 atom stereocenters. The van der Waals surface area contributed by atoms with Crippen molar-refractivity contribution in [1.82, 2.24) is 19.4 Å². The fourth-order valence-corrected chi connectivity index (χ4v) is 7.19. The first-order valence-corrected chi connectivity index (χ1v) is 14.2. The Kier molecular flexibility index (Phi) is 5.96. The van der Waals surface area contributed by atoms with E-state index in [1.807, 2.05) is 48.5 Å². The Morgan fingerprint density at radius 3 is 2.32 bits per heavy atom. The fourth-order valence-electron chi connectivity index (χ4n) is 5.73. The maximum atomic E-state index is 13.3. The van der Waals surface area contributed by atoms with Crippen molar-refractivity contribution in [2.24, 2.45) is 0 Å². The molecule has 10 heteroatoms. The lowest BCUT2D eigenvalue weighted by Gasteiger charge is -2.35. The van der Waals surface area contributed by atoms with Crippen LogP contribution in [0, 0.1) is 0 Å². The van der Waals surface area contributed by atoms with Gasteiger partial charge in [-0.1, -0.05) is 54.6 Å². The average Bonchev–Trinajstić information content (AvgIpc) is 3.16. The molecule has 2 heterocycles. The third-order valence-electron chi connectivity index (χ3n) is 7.92. The number of aryl methyl sites for hydroxylation is 1. The third-order valence-corrected chi connectivity index (χ3v) is 9.82. The van der Waals surface area contributed by atoms with Crippen molar-refractivity contribution in [3.63, 3.8) is 0 Å². The molecular formula is C28H28N4O5S. The van der Waals surface area contributed by atoms with E-state index in [2.05, 4.69) is 5.32 Å². The first kappa shape index (κ1) is 24.6. The number of nitrogens with zero attached hydrogens (tertiary/aromatic N) is 3. The molecule has 1 spiro atoms. The zero-order chi connectivity index (χ0) is 26.5. The lowest BCUT2D eigenvalue weighted by Crippen LogP contribution is -2.54. The van der Waals surface area contributed by atoms with Crippen LogP contribution < -0.4 is 5.32 Å². The summed E-state index contributed by atoms with van der Waals surface area (Å²) in [6.07, 6.45) is 1.58. The Labute approximate surface area is 221 Å². The van der Waals surface area contributed by atoms with E-state index in [9.17, 15) is 22.8 Å². The maximum Gasteiger partial charge on any atom is 0.325 e. The van der Waals surface area contributed by atoms with Gasteiger partial charge in [-0.3, -0.25) is 14.5 Å². The van der Waals surface area contributed by atoms with Crippen LogP contribution in [0.25, 0.3) is 10.8 Å². The SMILES string of the molecule is O=C(CN1C(=O)N[C@]2(CCc3ccccc3C2)C1=O)N1CCN(S(=O)(=O)c2ccc3ccccc3c2)CC1. The molecule has 1 N–H and O–H groups in total. The van der Waals surface area contributed by atoms with E-state index in [0.29, 0.717) is 19.3 Å². The molecule has 2 aliphatic heterocycles. The molecule has 1 aliphatic carbocycles. The summed E-state index contributed by atoms with van der Waals surface area (Å²) >= 11 is 0. The van der Waals surface area contributed by atoms with Gasteiger partial charge in [0.1, 0.15) is 12.1 Å². The highest BCUT2D eigenvalue weighted by Gasteiger charge is 2.53. The van der Waals surface area contributed by atoms with Gasteiger partial charge in [0.25, 0.3) is 5.91 Å². The largest absolute Gasteiger partial charge is 0.338 e. The number of hydrogen-bond acceptors (Lipinski definition) is 5. The molecule has 2 saturated heterocycles. The highest BCUT2D eigenvalue weighted by Crippen LogP contribution is 2.33. The van der Waals surface area contributed by atoms with Gasteiger partial charge in [-0.15, -0.1) is 0 Å². The molecule has 4 amide bonds. The van der Waals surface area contributed by atoms with Gasteiger partial charge >= 0.3 is 6.03 Å². The van der Waals surface area contributed by atoms with Gasteiger partial charge in [0.05, 0.1) is 4.90 Å². The van der Waals surface area contributed by atoms with Crippen LogP contribution in [0.4, 0.5) is 4.79 Å². The molecule has 0 radical (unpaired) electrons. The van der Waals surface area contributed by atoms with Crippen LogP contribution in [0.15, 0.2) is 71.6 Å². The van der Waals surface area contributed by atoms with Crippen LogP contribution in [0.3, 0.4) is 0 Å². The van der Waals surface area contributed by atoms with Crippen molar-refractivity contribution in [3.05, 3.63) is 77.9 Å². The molecule has 3 aromatic carbocycles. The summed E-state index contributed by atoms with van der Waals surface area (Å²) in [5.41, 5.74) is 1.19. The average molecular weight is 533 g/mol. The molecule has 3 aliphatic rings. The van der Waals surface area contributed by atoms with E-state index in [0.717, 1.165) is 21.2 Å². The van der Waals surface area contributed by atoms with Crippen molar-refractivity contribution in [1.29, 1.82) is 0 Å². The van der Waals surface area contributed by atoms with E-state index < -0.39 is 21.6 Å². The van der Waals surface area contributed by atoms with Crippen LogP contribution in [0.2, 0.25) is 0 Å². The van der Waals surface area contributed by atoms with E-state index in [1.54, 1.807) is 18.2 Å². The maximum absolute atomic E-state index is 13.3. The van der Waals surface area contributed by atoms with Crippen molar-refractivity contribution >= 4 is 38.6 Å². The monoisotopic (exact) mass is 532 g/mol. The molecule has 6 rings (SSSR count). The number of hydrogen-bond donors (Lipinski definition) is 1. The number of benzene rings is 3. The second kappa shape index (κ2) is 9.21. The van der Waals surface area contributed by atoms with Gasteiger partial charge in [-0.05, 0) is 46.9 Å². The van der Waals surface area contributed by atoms with Crippen LogP contribution in [-0.2, 0) is 32.5 Å². The number of amides is 4. The Morgan fingerprint density at radius 2 is 1.55 bits per heavy atom. The summed E-state index contributed by atoms with van der Waals surface area (Å²) in [6, 6.07) is 19.9. The molecule has 0 saturated carbocycles. The zero-order valence-electron chi connectivity index (χ0n) is 20.8. The number of sulfonamides is 1. The lowest BCUT2D eigenvalue weighted by molar-refractivity contribution is -0.139. The number of carbonyl (C=O) groups excluding carboxylic acids is 3. The molecule has 0 aromatic heterocycles.